The molecule has 5 nitrogen and oxygen atoms in total. The summed E-state index contributed by atoms with van der Waals surface area (Å²) in [5.74, 6) is 3.64. The molecule has 1 aromatic carbocycles. The molecule has 1 aromatic heterocycles. The molecule has 4 N–H and O–H groups in total. The summed E-state index contributed by atoms with van der Waals surface area (Å²) in [6.45, 7) is 2.10. The van der Waals surface area contributed by atoms with Crippen LogP contribution in [0.15, 0.2) is 36.5 Å². The molecule has 0 fully saturated rings. The number of nitrogen functional groups attached to an aromatic ring is 1. The van der Waals surface area contributed by atoms with E-state index in [1.165, 1.54) is 17.8 Å². The fourth-order valence-electron chi connectivity index (χ4n) is 1.96. The van der Waals surface area contributed by atoms with Gasteiger partial charge in [0.2, 0.25) is 0 Å². The molecule has 2 rings (SSSR count). The molecule has 0 bridgehead atoms. The van der Waals surface area contributed by atoms with E-state index in [9.17, 15) is 9.18 Å². The number of benzene rings is 1. The zero-order valence-electron chi connectivity index (χ0n) is 11.7. The van der Waals surface area contributed by atoms with Crippen LogP contribution in [0.3, 0.4) is 0 Å². The van der Waals surface area contributed by atoms with Gasteiger partial charge in [-0.3, -0.25) is 4.79 Å². The van der Waals surface area contributed by atoms with E-state index in [1.807, 2.05) is 12.1 Å². The number of hydrogen-bond acceptors (Lipinski definition) is 4. The second-order valence-electron chi connectivity index (χ2n) is 4.57. The normalized spacial score (nSPS) is 10.2. The van der Waals surface area contributed by atoms with Gasteiger partial charge in [0.05, 0.1) is 5.56 Å². The number of pyridine rings is 1. The third-order valence-electron chi connectivity index (χ3n) is 3.02. The lowest BCUT2D eigenvalue weighted by Crippen LogP contribution is -2.17. The van der Waals surface area contributed by atoms with Crippen LogP contribution in [0.2, 0.25) is 0 Å². The molecular formula is C15H17FN4O. The molecule has 0 spiro atoms. The standard InChI is InChI=1S/C15H17FN4O/c1-2-3-10-4-6-11(7-5-10)19-15(21)12-8-9-18-14(20-17)13(12)16/h4-9H,2-3,17H2,1H3,(H,18,20)(H,19,21). The maximum absolute atomic E-state index is 13.9. The molecule has 6 heteroatoms. The zero-order valence-corrected chi connectivity index (χ0v) is 11.7. The second-order valence-corrected chi connectivity index (χ2v) is 4.57. The Kier molecular flexibility index (Phi) is 4.84. The Balaban J connectivity index is 2.14. The first-order valence-corrected chi connectivity index (χ1v) is 6.67. The van der Waals surface area contributed by atoms with Crippen molar-refractivity contribution >= 4 is 17.4 Å². The molecule has 0 aliphatic carbocycles. The lowest BCUT2D eigenvalue weighted by molar-refractivity contribution is 0.102. The van der Waals surface area contributed by atoms with Crippen molar-refractivity contribution in [3.05, 3.63) is 53.5 Å². The average Bonchev–Trinajstić information content (AvgIpc) is 2.49. The van der Waals surface area contributed by atoms with Crippen LogP contribution in [0.25, 0.3) is 0 Å². The molecule has 0 unspecified atom stereocenters. The Hall–Kier alpha value is -2.47. The Morgan fingerprint density at radius 3 is 2.62 bits per heavy atom. The van der Waals surface area contributed by atoms with E-state index in [0.29, 0.717) is 5.69 Å². The fourth-order valence-corrected chi connectivity index (χ4v) is 1.96. The first-order valence-electron chi connectivity index (χ1n) is 6.67. The van der Waals surface area contributed by atoms with Crippen LogP contribution < -0.4 is 16.6 Å². The van der Waals surface area contributed by atoms with E-state index in [-0.39, 0.29) is 11.4 Å². The van der Waals surface area contributed by atoms with Crippen LogP contribution in [0, 0.1) is 5.82 Å². The van der Waals surface area contributed by atoms with Gasteiger partial charge in [-0.25, -0.2) is 15.2 Å². The number of aromatic nitrogens is 1. The number of hydrazine groups is 1. The maximum Gasteiger partial charge on any atom is 0.258 e. The monoisotopic (exact) mass is 288 g/mol. The molecule has 0 atom stereocenters. The summed E-state index contributed by atoms with van der Waals surface area (Å²) in [5, 5.41) is 2.64. The number of aryl methyl sites for hydroxylation is 1. The molecule has 0 saturated heterocycles. The second kappa shape index (κ2) is 6.81. The van der Waals surface area contributed by atoms with Gasteiger partial charge in [0, 0.05) is 11.9 Å². The van der Waals surface area contributed by atoms with Crippen molar-refractivity contribution in [1.82, 2.24) is 4.98 Å². The minimum atomic E-state index is -0.778. The summed E-state index contributed by atoms with van der Waals surface area (Å²) in [4.78, 5) is 15.8. The van der Waals surface area contributed by atoms with Crippen molar-refractivity contribution in [3.63, 3.8) is 0 Å². The quantitative estimate of drug-likeness (QED) is 0.584. The van der Waals surface area contributed by atoms with Crippen molar-refractivity contribution in [3.8, 4) is 0 Å². The van der Waals surface area contributed by atoms with E-state index >= 15 is 0 Å². The molecule has 21 heavy (non-hydrogen) atoms. The highest BCUT2D eigenvalue weighted by atomic mass is 19.1. The predicted molar refractivity (Wildman–Crippen MR) is 80.4 cm³/mol. The van der Waals surface area contributed by atoms with E-state index < -0.39 is 11.7 Å². The van der Waals surface area contributed by atoms with Gasteiger partial charge in [0.15, 0.2) is 11.6 Å². The molecule has 1 amide bonds. The molecule has 0 radical (unpaired) electrons. The van der Waals surface area contributed by atoms with E-state index in [0.717, 1.165) is 12.8 Å². The van der Waals surface area contributed by atoms with Crippen molar-refractivity contribution < 1.29 is 9.18 Å². The van der Waals surface area contributed by atoms with E-state index in [4.69, 9.17) is 5.84 Å². The van der Waals surface area contributed by atoms with Crippen LogP contribution in [0.4, 0.5) is 15.9 Å². The lowest BCUT2D eigenvalue weighted by Gasteiger charge is -2.08. The number of nitrogens with one attached hydrogen (secondary N) is 2. The van der Waals surface area contributed by atoms with Gasteiger partial charge in [-0.1, -0.05) is 25.5 Å². The number of amides is 1. The SMILES string of the molecule is CCCc1ccc(NC(=O)c2ccnc(NN)c2F)cc1. The van der Waals surface area contributed by atoms with Crippen LogP contribution in [-0.4, -0.2) is 10.9 Å². The summed E-state index contributed by atoms with van der Waals surface area (Å²) >= 11 is 0. The maximum atomic E-state index is 13.9. The highest BCUT2D eigenvalue weighted by Gasteiger charge is 2.15. The molecular weight excluding hydrogens is 271 g/mol. The molecule has 0 saturated carbocycles. The van der Waals surface area contributed by atoms with Crippen LogP contribution in [0.5, 0.6) is 0 Å². The summed E-state index contributed by atoms with van der Waals surface area (Å²) in [6, 6.07) is 8.77. The molecule has 1 heterocycles. The Labute approximate surface area is 122 Å². The minimum Gasteiger partial charge on any atom is -0.322 e. The molecule has 2 aromatic rings. The van der Waals surface area contributed by atoms with Gasteiger partial charge in [0.25, 0.3) is 5.91 Å². The van der Waals surface area contributed by atoms with Gasteiger partial charge in [-0.15, -0.1) is 0 Å². The Morgan fingerprint density at radius 2 is 2.00 bits per heavy atom. The number of rotatable bonds is 5. The van der Waals surface area contributed by atoms with Gasteiger partial charge in [-0.2, -0.15) is 0 Å². The van der Waals surface area contributed by atoms with Crippen LogP contribution >= 0.6 is 0 Å². The van der Waals surface area contributed by atoms with Crippen molar-refractivity contribution in [2.45, 2.75) is 19.8 Å². The van der Waals surface area contributed by atoms with Gasteiger partial charge < -0.3 is 10.7 Å². The number of nitrogens with zero attached hydrogens (tertiary/aromatic N) is 1. The summed E-state index contributed by atoms with van der Waals surface area (Å²) in [5.41, 5.74) is 3.80. The summed E-state index contributed by atoms with van der Waals surface area (Å²) in [7, 11) is 0. The average molecular weight is 288 g/mol. The van der Waals surface area contributed by atoms with Crippen molar-refractivity contribution in [2.24, 2.45) is 5.84 Å². The molecule has 0 aliphatic heterocycles. The topological polar surface area (TPSA) is 80.0 Å². The smallest absolute Gasteiger partial charge is 0.258 e. The number of anilines is 2. The number of hydrogen-bond donors (Lipinski definition) is 3. The number of carbonyl (C=O) groups is 1. The van der Waals surface area contributed by atoms with Crippen molar-refractivity contribution in [1.29, 1.82) is 0 Å². The first-order chi connectivity index (χ1) is 10.2. The van der Waals surface area contributed by atoms with E-state index in [2.05, 4.69) is 22.7 Å². The summed E-state index contributed by atoms with van der Waals surface area (Å²) < 4.78 is 13.9. The highest BCUT2D eigenvalue weighted by molar-refractivity contribution is 6.04. The minimum absolute atomic E-state index is 0.115. The molecule has 110 valence electrons. The Morgan fingerprint density at radius 1 is 1.29 bits per heavy atom. The van der Waals surface area contributed by atoms with Crippen LogP contribution in [0.1, 0.15) is 29.3 Å². The van der Waals surface area contributed by atoms with Crippen molar-refractivity contribution in [2.75, 3.05) is 10.7 Å². The summed E-state index contributed by atoms with van der Waals surface area (Å²) in [6.07, 6.45) is 3.36. The number of halogens is 1. The van der Waals surface area contributed by atoms with E-state index in [1.54, 1.807) is 12.1 Å². The van der Waals surface area contributed by atoms with Gasteiger partial charge in [0.1, 0.15) is 0 Å². The first kappa shape index (κ1) is 14.9. The third-order valence-corrected chi connectivity index (χ3v) is 3.02. The van der Waals surface area contributed by atoms with Gasteiger partial charge >= 0.3 is 0 Å². The fraction of sp³-hybridized carbons (Fsp3) is 0.200. The third kappa shape index (κ3) is 3.55. The lowest BCUT2D eigenvalue weighted by atomic mass is 10.1. The Bertz CT molecular complexity index is 628. The number of carbonyl (C=O) groups excluding carboxylic acids is 1. The number of nitrogens with two attached hydrogens (primary N) is 1. The predicted octanol–water partition coefficient (Wildman–Crippen LogP) is 2.71. The zero-order chi connectivity index (χ0) is 15.2. The molecule has 0 aliphatic rings. The van der Waals surface area contributed by atoms with Gasteiger partial charge in [-0.05, 0) is 30.2 Å². The largest absolute Gasteiger partial charge is 0.322 e. The highest BCUT2D eigenvalue weighted by Crippen LogP contribution is 2.17. The van der Waals surface area contributed by atoms with Crippen LogP contribution in [-0.2, 0) is 6.42 Å².